The molecule has 0 aliphatic rings. The second-order valence-electron chi connectivity index (χ2n) is 6.26. The first-order chi connectivity index (χ1) is 13.5. The minimum atomic E-state index is -0.554. The van der Waals surface area contributed by atoms with Crippen LogP contribution in [0.25, 0.3) is 22.2 Å². The Morgan fingerprint density at radius 1 is 1.07 bits per heavy atom. The van der Waals surface area contributed by atoms with E-state index in [0.717, 1.165) is 22.2 Å². The number of carbonyl (C=O) groups excluding carboxylic acids is 1. The molecule has 4 N–H and O–H groups in total. The summed E-state index contributed by atoms with van der Waals surface area (Å²) < 4.78 is 13.6. The summed E-state index contributed by atoms with van der Waals surface area (Å²) in [6.07, 6.45) is 0. The van der Waals surface area contributed by atoms with Crippen LogP contribution in [0.3, 0.4) is 0 Å². The number of rotatable bonds is 3. The maximum Gasteiger partial charge on any atom is 0.323 e. The molecule has 4 aromatic rings. The molecule has 8 heteroatoms. The molecule has 0 unspecified atom stereocenters. The first kappa shape index (κ1) is 17.5. The average Bonchev–Trinajstić information content (AvgIpc) is 3.04. The van der Waals surface area contributed by atoms with Gasteiger partial charge in [0, 0.05) is 22.8 Å². The van der Waals surface area contributed by atoms with E-state index in [-0.39, 0.29) is 11.2 Å². The van der Waals surface area contributed by atoms with Crippen molar-refractivity contribution >= 4 is 28.4 Å². The summed E-state index contributed by atoms with van der Waals surface area (Å²) in [5, 5.41) is 12.9. The smallest absolute Gasteiger partial charge is 0.308 e. The number of urea groups is 1. The van der Waals surface area contributed by atoms with Crippen LogP contribution in [0.4, 0.5) is 20.6 Å². The molecule has 2 aromatic carbocycles. The van der Waals surface area contributed by atoms with Crippen molar-refractivity contribution in [2.45, 2.75) is 6.92 Å². The lowest BCUT2D eigenvalue weighted by molar-refractivity contribution is 0.262. The van der Waals surface area contributed by atoms with Crippen LogP contribution in [0.15, 0.2) is 59.4 Å². The second kappa shape index (κ2) is 6.99. The molecule has 0 aliphatic heterocycles. The Hall–Kier alpha value is -3.94. The maximum absolute atomic E-state index is 13.6. The third-order valence-corrected chi connectivity index (χ3v) is 4.31. The van der Waals surface area contributed by atoms with Crippen LogP contribution in [0.1, 0.15) is 5.69 Å². The lowest BCUT2D eigenvalue weighted by Gasteiger charge is -2.09. The first-order valence-electron chi connectivity index (χ1n) is 8.52. The summed E-state index contributed by atoms with van der Waals surface area (Å²) in [5.74, 6) is -0.512. The number of amides is 2. The molecule has 28 heavy (non-hydrogen) atoms. The second-order valence-corrected chi connectivity index (χ2v) is 6.26. The van der Waals surface area contributed by atoms with Crippen molar-refractivity contribution < 1.29 is 9.18 Å². The fraction of sp³-hybridized carbons (Fsp3) is 0.0500. The highest BCUT2D eigenvalue weighted by Crippen LogP contribution is 2.28. The van der Waals surface area contributed by atoms with E-state index in [1.54, 1.807) is 36.4 Å². The van der Waals surface area contributed by atoms with Crippen LogP contribution in [0, 0.1) is 12.7 Å². The van der Waals surface area contributed by atoms with Gasteiger partial charge in [0.2, 0.25) is 5.56 Å². The van der Waals surface area contributed by atoms with E-state index < -0.39 is 11.8 Å². The molecule has 0 bridgehead atoms. The van der Waals surface area contributed by atoms with Gasteiger partial charge >= 0.3 is 6.03 Å². The number of H-pyrrole nitrogens is 2. The Bertz CT molecular complexity index is 1230. The highest BCUT2D eigenvalue weighted by Gasteiger charge is 2.12. The number of nitrogens with one attached hydrogen (secondary N) is 4. The number of pyridine rings is 1. The van der Waals surface area contributed by atoms with Gasteiger partial charge in [0.15, 0.2) is 5.65 Å². The molecule has 7 nitrogen and oxygen atoms in total. The van der Waals surface area contributed by atoms with Crippen LogP contribution >= 0.6 is 0 Å². The third kappa shape index (κ3) is 3.35. The molecule has 4 rings (SSSR count). The van der Waals surface area contributed by atoms with Gasteiger partial charge in [-0.25, -0.2) is 9.18 Å². The highest BCUT2D eigenvalue weighted by atomic mass is 19.1. The number of aromatic amines is 2. The van der Waals surface area contributed by atoms with Crippen molar-refractivity contribution in [2.75, 3.05) is 10.6 Å². The van der Waals surface area contributed by atoms with Crippen LogP contribution in [-0.2, 0) is 0 Å². The van der Waals surface area contributed by atoms with Crippen LogP contribution in [0.5, 0.6) is 0 Å². The number of halogens is 1. The molecule has 2 heterocycles. The molecule has 2 aromatic heterocycles. The van der Waals surface area contributed by atoms with Crippen molar-refractivity contribution in [3.8, 4) is 11.1 Å². The molecule has 0 spiro atoms. The summed E-state index contributed by atoms with van der Waals surface area (Å²) in [5.41, 5.74) is 3.26. The Balaban J connectivity index is 1.57. The fourth-order valence-electron chi connectivity index (χ4n) is 3.01. The SMILES string of the molecule is Cc1[nH]nc2[nH]c(=O)cc(-c3ccc(NC(=O)Nc4ccccc4F)cc3)c12. The Kier molecular flexibility index (Phi) is 4.36. The molecule has 0 aliphatic carbocycles. The summed E-state index contributed by atoms with van der Waals surface area (Å²) in [6, 6.07) is 13.9. The highest BCUT2D eigenvalue weighted by molar-refractivity contribution is 6.00. The number of para-hydroxylation sites is 1. The van der Waals surface area contributed by atoms with Gasteiger partial charge in [-0.3, -0.25) is 9.89 Å². The van der Waals surface area contributed by atoms with Gasteiger partial charge in [-0.15, -0.1) is 0 Å². The third-order valence-electron chi connectivity index (χ3n) is 4.31. The zero-order chi connectivity index (χ0) is 19.7. The standard InChI is InChI=1S/C20H16FN5O2/c1-11-18-14(10-17(27)24-19(18)26-25-11)12-6-8-13(9-7-12)22-20(28)23-16-5-3-2-4-15(16)21/h2-10H,1H3,(H2,22,23,28)(H2,24,25,26,27). The zero-order valence-corrected chi connectivity index (χ0v) is 14.8. The van der Waals surface area contributed by atoms with Crippen molar-refractivity contribution in [3.05, 3.63) is 76.5 Å². The number of carbonyl (C=O) groups is 1. The van der Waals surface area contributed by atoms with E-state index in [4.69, 9.17) is 0 Å². The van der Waals surface area contributed by atoms with E-state index in [0.29, 0.717) is 11.3 Å². The number of fused-ring (bicyclic) bond motifs is 1. The molecular formula is C20H16FN5O2. The number of hydrogen-bond donors (Lipinski definition) is 4. The zero-order valence-electron chi connectivity index (χ0n) is 14.8. The van der Waals surface area contributed by atoms with Crippen molar-refractivity contribution in [2.24, 2.45) is 0 Å². The lowest BCUT2D eigenvalue weighted by atomic mass is 10.0. The van der Waals surface area contributed by atoms with Gasteiger partial charge in [-0.2, -0.15) is 5.10 Å². The van der Waals surface area contributed by atoms with E-state index in [9.17, 15) is 14.0 Å². The van der Waals surface area contributed by atoms with Crippen molar-refractivity contribution in [1.29, 1.82) is 0 Å². The molecular weight excluding hydrogens is 361 g/mol. The quantitative estimate of drug-likeness (QED) is 0.434. The minimum Gasteiger partial charge on any atom is -0.308 e. The molecule has 140 valence electrons. The predicted molar refractivity (Wildman–Crippen MR) is 106 cm³/mol. The fourth-order valence-corrected chi connectivity index (χ4v) is 3.01. The van der Waals surface area contributed by atoms with Crippen LogP contribution < -0.4 is 16.2 Å². The van der Waals surface area contributed by atoms with Crippen molar-refractivity contribution in [1.82, 2.24) is 15.2 Å². The average molecular weight is 377 g/mol. The summed E-state index contributed by atoms with van der Waals surface area (Å²) in [7, 11) is 0. The maximum atomic E-state index is 13.6. The molecule has 2 amide bonds. The van der Waals surface area contributed by atoms with Gasteiger partial charge in [-0.1, -0.05) is 24.3 Å². The van der Waals surface area contributed by atoms with Crippen LogP contribution in [-0.4, -0.2) is 21.2 Å². The number of hydrogen-bond acceptors (Lipinski definition) is 3. The summed E-state index contributed by atoms with van der Waals surface area (Å²) >= 11 is 0. The van der Waals surface area contributed by atoms with Crippen LogP contribution in [0.2, 0.25) is 0 Å². The number of anilines is 2. The first-order valence-corrected chi connectivity index (χ1v) is 8.52. The Labute approximate surface area is 158 Å². The lowest BCUT2D eigenvalue weighted by Crippen LogP contribution is -2.20. The number of aryl methyl sites for hydroxylation is 1. The largest absolute Gasteiger partial charge is 0.323 e. The Morgan fingerprint density at radius 3 is 2.57 bits per heavy atom. The number of nitrogens with zero attached hydrogens (tertiary/aromatic N) is 1. The number of benzene rings is 2. The summed E-state index contributed by atoms with van der Waals surface area (Å²) in [4.78, 5) is 26.7. The Morgan fingerprint density at radius 2 is 1.82 bits per heavy atom. The van der Waals surface area contributed by atoms with Gasteiger partial charge in [0.05, 0.1) is 5.69 Å². The molecule has 0 atom stereocenters. The van der Waals surface area contributed by atoms with Crippen molar-refractivity contribution in [3.63, 3.8) is 0 Å². The van der Waals surface area contributed by atoms with Gasteiger partial charge in [0.1, 0.15) is 5.82 Å². The molecule has 0 fully saturated rings. The summed E-state index contributed by atoms with van der Waals surface area (Å²) in [6.45, 7) is 1.88. The minimum absolute atomic E-state index is 0.0953. The van der Waals surface area contributed by atoms with Gasteiger partial charge in [-0.05, 0) is 42.3 Å². The van der Waals surface area contributed by atoms with Gasteiger partial charge in [0.25, 0.3) is 0 Å². The van der Waals surface area contributed by atoms with E-state index in [1.165, 1.54) is 18.2 Å². The van der Waals surface area contributed by atoms with E-state index >= 15 is 0 Å². The normalized spacial score (nSPS) is 10.8. The van der Waals surface area contributed by atoms with E-state index in [1.807, 2.05) is 6.92 Å². The van der Waals surface area contributed by atoms with E-state index in [2.05, 4.69) is 25.8 Å². The predicted octanol–water partition coefficient (Wildman–Crippen LogP) is 4.01. The monoisotopic (exact) mass is 377 g/mol. The molecule has 0 radical (unpaired) electrons. The molecule has 0 saturated heterocycles. The number of aromatic nitrogens is 3. The van der Waals surface area contributed by atoms with Gasteiger partial charge < -0.3 is 15.6 Å². The topological polar surface area (TPSA) is 103 Å². The molecule has 0 saturated carbocycles.